The average molecular weight is 259 g/mol. The molecule has 0 bridgehead atoms. The van der Waals surface area contributed by atoms with Crippen molar-refractivity contribution >= 4 is 0 Å². The fourth-order valence-electron chi connectivity index (χ4n) is 2.67. The zero-order valence-corrected chi connectivity index (χ0v) is 10.8. The zero-order valence-electron chi connectivity index (χ0n) is 10.8. The monoisotopic (exact) mass is 259 g/mol. The molecular weight excluding hydrogens is 241 g/mol. The first-order valence-electron chi connectivity index (χ1n) is 6.80. The lowest BCUT2D eigenvalue weighted by Crippen LogP contribution is -2.11. The Labute approximate surface area is 112 Å². The van der Waals surface area contributed by atoms with Crippen LogP contribution in [0.2, 0.25) is 0 Å². The lowest BCUT2D eigenvalue weighted by Gasteiger charge is -2.11. The van der Waals surface area contributed by atoms with Crippen molar-refractivity contribution in [3.63, 3.8) is 0 Å². The van der Waals surface area contributed by atoms with E-state index in [-0.39, 0.29) is 5.82 Å². The van der Waals surface area contributed by atoms with E-state index in [0.29, 0.717) is 0 Å². The lowest BCUT2D eigenvalue weighted by atomic mass is 10.1. The van der Waals surface area contributed by atoms with E-state index in [1.807, 2.05) is 18.6 Å². The number of aromatic nitrogens is 2. The largest absolute Gasteiger partial charge is 0.331 e. The molecule has 1 atom stereocenters. The third kappa shape index (κ3) is 2.84. The van der Waals surface area contributed by atoms with Gasteiger partial charge in [0.15, 0.2) is 0 Å². The van der Waals surface area contributed by atoms with Gasteiger partial charge < -0.3 is 9.88 Å². The van der Waals surface area contributed by atoms with Gasteiger partial charge in [-0.3, -0.25) is 0 Å². The first-order valence-corrected chi connectivity index (χ1v) is 6.80. The Balaban J connectivity index is 1.74. The smallest absolute Gasteiger partial charge is 0.123 e. The molecule has 1 unspecified atom stereocenters. The number of nitrogens with one attached hydrogen (secondary N) is 1. The summed E-state index contributed by atoms with van der Waals surface area (Å²) in [5.74, 6) is 0.549. The SMILES string of the molecule is Fc1cccc(-c2cncn2CCC2CCNC2)c1. The van der Waals surface area contributed by atoms with Crippen LogP contribution in [0.5, 0.6) is 0 Å². The van der Waals surface area contributed by atoms with Gasteiger partial charge in [-0.2, -0.15) is 0 Å². The first-order chi connectivity index (χ1) is 9.33. The van der Waals surface area contributed by atoms with Crippen molar-refractivity contribution in [2.75, 3.05) is 13.1 Å². The highest BCUT2D eigenvalue weighted by Crippen LogP contribution is 2.21. The van der Waals surface area contributed by atoms with Gasteiger partial charge in [-0.25, -0.2) is 9.37 Å². The van der Waals surface area contributed by atoms with E-state index in [9.17, 15) is 4.39 Å². The molecule has 2 aromatic rings. The molecule has 1 aromatic carbocycles. The summed E-state index contributed by atoms with van der Waals surface area (Å²) < 4.78 is 15.4. The number of benzene rings is 1. The van der Waals surface area contributed by atoms with Crippen molar-refractivity contribution in [1.29, 1.82) is 0 Å². The molecule has 1 aliphatic rings. The number of hydrogen-bond acceptors (Lipinski definition) is 2. The van der Waals surface area contributed by atoms with Crippen LogP contribution in [0.4, 0.5) is 4.39 Å². The number of aryl methyl sites for hydroxylation is 1. The molecule has 0 spiro atoms. The second kappa shape index (κ2) is 5.53. The summed E-state index contributed by atoms with van der Waals surface area (Å²) in [6, 6.07) is 6.69. The van der Waals surface area contributed by atoms with E-state index in [1.165, 1.54) is 12.5 Å². The molecule has 0 aliphatic carbocycles. The van der Waals surface area contributed by atoms with Gasteiger partial charge >= 0.3 is 0 Å². The molecule has 100 valence electrons. The van der Waals surface area contributed by atoms with Gasteiger partial charge in [-0.15, -0.1) is 0 Å². The summed E-state index contributed by atoms with van der Waals surface area (Å²) in [4.78, 5) is 4.20. The maximum atomic E-state index is 13.3. The first kappa shape index (κ1) is 12.4. The third-order valence-corrected chi connectivity index (χ3v) is 3.77. The summed E-state index contributed by atoms with van der Waals surface area (Å²) in [6.45, 7) is 3.19. The van der Waals surface area contributed by atoms with Gasteiger partial charge in [-0.1, -0.05) is 12.1 Å². The van der Waals surface area contributed by atoms with E-state index in [4.69, 9.17) is 0 Å². The van der Waals surface area contributed by atoms with Gasteiger partial charge in [0.1, 0.15) is 5.82 Å². The summed E-state index contributed by atoms with van der Waals surface area (Å²) in [5, 5.41) is 3.38. The van der Waals surface area contributed by atoms with E-state index < -0.39 is 0 Å². The molecule has 1 aromatic heterocycles. The maximum absolute atomic E-state index is 13.3. The zero-order chi connectivity index (χ0) is 13.1. The van der Waals surface area contributed by atoms with Crippen molar-refractivity contribution in [3.05, 3.63) is 42.6 Å². The molecule has 0 amide bonds. The fraction of sp³-hybridized carbons (Fsp3) is 0.400. The summed E-state index contributed by atoms with van der Waals surface area (Å²) >= 11 is 0. The van der Waals surface area contributed by atoms with Crippen LogP contribution in [0.3, 0.4) is 0 Å². The van der Waals surface area contributed by atoms with Gasteiger partial charge in [0.05, 0.1) is 18.2 Å². The number of rotatable bonds is 4. The van der Waals surface area contributed by atoms with E-state index in [1.54, 1.807) is 12.1 Å². The second-order valence-corrected chi connectivity index (χ2v) is 5.13. The van der Waals surface area contributed by atoms with Crippen LogP contribution in [0, 0.1) is 11.7 Å². The molecule has 1 aliphatic heterocycles. The normalized spacial score (nSPS) is 18.9. The molecule has 0 saturated carbocycles. The molecule has 3 nitrogen and oxygen atoms in total. The molecule has 1 saturated heterocycles. The molecule has 0 radical (unpaired) electrons. The van der Waals surface area contributed by atoms with Crippen molar-refractivity contribution in [2.24, 2.45) is 5.92 Å². The van der Waals surface area contributed by atoms with Crippen molar-refractivity contribution in [3.8, 4) is 11.3 Å². The molecule has 3 rings (SSSR count). The van der Waals surface area contributed by atoms with Crippen molar-refractivity contribution in [2.45, 2.75) is 19.4 Å². The van der Waals surface area contributed by atoms with Crippen molar-refractivity contribution in [1.82, 2.24) is 14.9 Å². The Morgan fingerprint density at radius 3 is 3.16 bits per heavy atom. The van der Waals surface area contributed by atoms with Gasteiger partial charge in [0.2, 0.25) is 0 Å². The fourth-order valence-corrected chi connectivity index (χ4v) is 2.67. The topological polar surface area (TPSA) is 29.9 Å². The van der Waals surface area contributed by atoms with Gasteiger partial charge in [0.25, 0.3) is 0 Å². The molecule has 19 heavy (non-hydrogen) atoms. The van der Waals surface area contributed by atoms with E-state index in [0.717, 1.165) is 43.2 Å². The average Bonchev–Trinajstić information content (AvgIpc) is 3.08. The number of halogens is 1. The summed E-state index contributed by atoms with van der Waals surface area (Å²) in [6.07, 6.45) is 6.04. The minimum Gasteiger partial charge on any atom is -0.331 e. The van der Waals surface area contributed by atoms with Crippen LogP contribution < -0.4 is 5.32 Å². The molecule has 4 heteroatoms. The quantitative estimate of drug-likeness (QED) is 0.915. The highest BCUT2D eigenvalue weighted by atomic mass is 19.1. The predicted molar refractivity (Wildman–Crippen MR) is 73.2 cm³/mol. The van der Waals surface area contributed by atoms with E-state index in [2.05, 4.69) is 14.9 Å². The van der Waals surface area contributed by atoms with Crippen LogP contribution in [0.15, 0.2) is 36.8 Å². The molecule has 1 fully saturated rings. The Bertz CT molecular complexity index is 544. The van der Waals surface area contributed by atoms with Crippen LogP contribution >= 0.6 is 0 Å². The highest BCUT2D eigenvalue weighted by molar-refractivity contribution is 5.58. The Morgan fingerprint density at radius 1 is 1.42 bits per heavy atom. The van der Waals surface area contributed by atoms with Crippen LogP contribution in [0.1, 0.15) is 12.8 Å². The van der Waals surface area contributed by atoms with Crippen LogP contribution in [0.25, 0.3) is 11.3 Å². The molecule has 1 N–H and O–H groups in total. The lowest BCUT2D eigenvalue weighted by molar-refractivity contribution is 0.481. The Hall–Kier alpha value is -1.68. The van der Waals surface area contributed by atoms with Gasteiger partial charge in [0, 0.05) is 12.1 Å². The Morgan fingerprint density at radius 2 is 2.37 bits per heavy atom. The highest BCUT2D eigenvalue weighted by Gasteiger charge is 2.15. The van der Waals surface area contributed by atoms with Crippen LogP contribution in [-0.4, -0.2) is 22.6 Å². The third-order valence-electron chi connectivity index (χ3n) is 3.77. The minimum atomic E-state index is -0.203. The van der Waals surface area contributed by atoms with Gasteiger partial charge in [-0.05, 0) is 44.0 Å². The molecular formula is C15H18FN3. The summed E-state index contributed by atoms with van der Waals surface area (Å²) in [7, 11) is 0. The standard InChI is InChI=1S/C15H18FN3/c16-14-3-1-2-13(8-14)15-10-18-11-19(15)7-5-12-4-6-17-9-12/h1-3,8,10-12,17H,4-7,9H2. The second-order valence-electron chi connectivity index (χ2n) is 5.13. The Kier molecular flexibility index (Phi) is 3.60. The molecule has 2 heterocycles. The number of nitrogens with zero attached hydrogens (tertiary/aromatic N) is 2. The predicted octanol–water partition coefficient (Wildman–Crippen LogP) is 2.69. The van der Waals surface area contributed by atoms with Crippen molar-refractivity contribution < 1.29 is 4.39 Å². The van der Waals surface area contributed by atoms with Crippen LogP contribution in [-0.2, 0) is 6.54 Å². The minimum absolute atomic E-state index is 0.203. The maximum Gasteiger partial charge on any atom is 0.123 e. The van der Waals surface area contributed by atoms with E-state index >= 15 is 0 Å². The summed E-state index contributed by atoms with van der Waals surface area (Å²) in [5.41, 5.74) is 1.88. The number of imidazole rings is 1. The number of hydrogen-bond donors (Lipinski definition) is 1.